The van der Waals surface area contributed by atoms with E-state index in [1.54, 1.807) is 0 Å². The van der Waals surface area contributed by atoms with E-state index in [0.29, 0.717) is 12.3 Å². The van der Waals surface area contributed by atoms with E-state index in [1.807, 2.05) is 32.9 Å². The molecule has 0 aliphatic heterocycles. The molecule has 1 aromatic rings. The minimum absolute atomic E-state index is 0. The van der Waals surface area contributed by atoms with Crippen LogP contribution in [0.2, 0.25) is 0 Å². The van der Waals surface area contributed by atoms with Gasteiger partial charge in [-0.25, -0.2) is 0 Å². The molecule has 1 unspecified atom stereocenters. The van der Waals surface area contributed by atoms with E-state index in [4.69, 9.17) is 4.74 Å². The second-order valence-corrected chi connectivity index (χ2v) is 6.20. The molecule has 0 N–H and O–H groups in total. The van der Waals surface area contributed by atoms with E-state index < -0.39 is 0 Å². The van der Waals surface area contributed by atoms with E-state index in [9.17, 15) is 4.79 Å². The molecule has 0 amide bonds. The Hall–Kier alpha value is -0.206. The predicted octanol–water partition coefficient (Wildman–Crippen LogP) is 4.17. The summed E-state index contributed by atoms with van der Waals surface area (Å²) in [7, 11) is 0. The van der Waals surface area contributed by atoms with E-state index in [1.165, 1.54) is 5.56 Å². The number of ether oxygens (including phenoxy) is 1. The summed E-state index contributed by atoms with van der Waals surface area (Å²) < 4.78 is 5.33. The Kier molecular flexibility index (Phi) is 9.58. The summed E-state index contributed by atoms with van der Waals surface area (Å²) in [5.74, 6) is 0.291. The third kappa shape index (κ3) is 9.66. The van der Waals surface area contributed by atoms with Crippen LogP contribution in [0.4, 0.5) is 0 Å². The molecule has 1 aromatic carbocycles. The van der Waals surface area contributed by atoms with Crippen molar-refractivity contribution >= 4 is 5.97 Å². The third-order valence-corrected chi connectivity index (χ3v) is 2.88. The van der Waals surface area contributed by atoms with Crippen molar-refractivity contribution in [2.75, 3.05) is 0 Å². The summed E-state index contributed by atoms with van der Waals surface area (Å²) in [6.45, 7) is 7.83. The van der Waals surface area contributed by atoms with Gasteiger partial charge in [-0.1, -0.05) is 19.8 Å². The Labute approximate surface area is 148 Å². The third-order valence-electron chi connectivity index (χ3n) is 2.88. The molecule has 0 fully saturated rings. The van der Waals surface area contributed by atoms with Crippen molar-refractivity contribution in [2.45, 2.75) is 59.0 Å². The van der Waals surface area contributed by atoms with Gasteiger partial charge in [0, 0.05) is 39.1 Å². The zero-order valence-electron chi connectivity index (χ0n) is 13.1. The van der Waals surface area contributed by atoms with Crippen molar-refractivity contribution < 1.29 is 42.2 Å². The summed E-state index contributed by atoms with van der Waals surface area (Å²) in [6.07, 6.45) is 3.74. The summed E-state index contributed by atoms with van der Waals surface area (Å²) >= 11 is 0. The molecule has 0 bridgehead atoms. The van der Waals surface area contributed by atoms with Crippen LogP contribution >= 0.6 is 0 Å². The average molecular weight is 350 g/mol. The minimum atomic E-state index is -0.378. The first-order valence-electron chi connectivity index (χ1n) is 7.03. The van der Waals surface area contributed by atoms with Gasteiger partial charge in [-0.2, -0.15) is 35.9 Å². The summed E-state index contributed by atoms with van der Waals surface area (Å²) in [5, 5.41) is 0. The first-order chi connectivity index (χ1) is 8.87. The topological polar surface area (TPSA) is 26.3 Å². The fraction of sp³-hybridized carbons (Fsp3) is 0.588. The van der Waals surface area contributed by atoms with Gasteiger partial charge < -0.3 is 4.74 Å². The molecule has 0 saturated heterocycles. The van der Waals surface area contributed by atoms with Gasteiger partial charge >= 0.3 is 5.97 Å². The second-order valence-electron chi connectivity index (χ2n) is 6.20. The Bertz CT molecular complexity index is 382. The fourth-order valence-electron chi connectivity index (χ4n) is 2.01. The zero-order chi connectivity index (χ0) is 14.3. The average Bonchev–Trinajstić information content (AvgIpc) is 2.27. The van der Waals surface area contributed by atoms with Gasteiger partial charge in [-0.15, -0.1) is 0 Å². The maximum Gasteiger partial charge on any atom is 0.306 e. The van der Waals surface area contributed by atoms with Gasteiger partial charge in [0.25, 0.3) is 0 Å². The van der Waals surface area contributed by atoms with E-state index in [2.05, 4.69) is 25.1 Å². The number of esters is 1. The van der Waals surface area contributed by atoms with Gasteiger partial charge in [-0.05, 0) is 33.1 Å². The quantitative estimate of drug-likeness (QED) is 0.568. The molecule has 0 aliphatic rings. The summed E-state index contributed by atoms with van der Waals surface area (Å²) in [6, 6.07) is 11.1. The maximum atomic E-state index is 11.7. The number of aryl methyl sites for hydroxylation is 1. The van der Waals surface area contributed by atoms with Crippen LogP contribution in [0.3, 0.4) is 0 Å². The Morgan fingerprint density at radius 2 is 1.90 bits per heavy atom. The molecule has 109 valence electrons. The van der Waals surface area contributed by atoms with E-state index in [-0.39, 0.29) is 44.3 Å². The van der Waals surface area contributed by atoms with Crippen molar-refractivity contribution in [3.63, 3.8) is 0 Å². The first kappa shape index (κ1) is 19.8. The molecule has 20 heavy (non-hydrogen) atoms. The van der Waals surface area contributed by atoms with Gasteiger partial charge in [0.2, 0.25) is 0 Å². The molecule has 0 heterocycles. The van der Waals surface area contributed by atoms with Crippen molar-refractivity contribution in [1.82, 2.24) is 0 Å². The van der Waals surface area contributed by atoms with Gasteiger partial charge in [0.15, 0.2) is 0 Å². The zero-order valence-corrected chi connectivity index (χ0v) is 15.9. The Balaban J connectivity index is 0.00000361. The Morgan fingerprint density at radius 1 is 1.30 bits per heavy atom. The second kappa shape index (κ2) is 9.68. The van der Waals surface area contributed by atoms with Gasteiger partial charge in [0.05, 0.1) is 0 Å². The first-order valence-corrected chi connectivity index (χ1v) is 7.03. The van der Waals surface area contributed by atoms with Gasteiger partial charge in [0.1, 0.15) is 5.60 Å². The fourth-order valence-corrected chi connectivity index (χ4v) is 2.01. The van der Waals surface area contributed by atoms with Crippen LogP contribution in [0.25, 0.3) is 0 Å². The number of carbonyl (C=O) groups is 1. The normalized spacial score (nSPS) is 12.4. The maximum absolute atomic E-state index is 11.7. The predicted molar refractivity (Wildman–Crippen MR) is 77.8 cm³/mol. The van der Waals surface area contributed by atoms with Crippen LogP contribution in [0, 0.1) is 12.0 Å². The van der Waals surface area contributed by atoms with E-state index in [0.717, 1.165) is 19.3 Å². The van der Waals surface area contributed by atoms with Gasteiger partial charge in [-0.3, -0.25) is 4.79 Å². The summed E-state index contributed by atoms with van der Waals surface area (Å²) in [5.41, 5.74) is 0.959. The number of hydrogen-bond donors (Lipinski definition) is 0. The van der Waals surface area contributed by atoms with Crippen molar-refractivity contribution in [3.8, 4) is 0 Å². The summed E-state index contributed by atoms with van der Waals surface area (Å²) in [4.78, 5) is 11.7. The number of rotatable bonds is 6. The minimum Gasteiger partial charge on any atom is -0.460 e. The van der Waals surface area contributed by atoms with Crippen LogP contribution in [0.15, 0.2) is 24.3 Å². The number of hydrogen-bond acceptors (Lipinski definition) is 2. The standard InChI is InChI=1S/C17H25O2.Y/c1-14(13-16(18)19-17(2,3)4)9-8-12-15-10-6-5-7-11-15;/h6-7,10-11,14H,8-9,12-13H2,1-4H3;/q-1;. The molecular formula is C17H25O2Y-. The van der Waals surface area contributed by atoms with Crippen LogP contribution in [0.1, 0.15) is 52.5 Å². The van der Waals surface area contributed by atoms with Crippen molar-refractivity contribution in [2.24, 2.45) is 5.92 Å². The number of benzene rings is 1. The molecule has 0 aliphatic carbocycles. The SMILES string of the molecule is CC(CCCc1cc[c-]cc1)CC(=O)OC(C)(C)C.[Y]. The molecule has 2 nitrogen and oxygen atoms in total. The number of carbonyl (C=O) groups excluding carboxylic acids is 1. The molecule has 0 spiro atoms. The molecule has 1 rings (SSSR count). The van der Waals surface area contributed by atoms with Crippen LogP contribution < -0.4 is 0 Å². The van der Waals surface area contributed by atoms with Crippen LogP contribution in [0.5, 0.6) is 0 Å². The van der Waals surface area contributed by atoms with E-state index >= 15 is 0 Å². The molecular weight excluding hydrogens is 325 g/mol. The van der Waals surface area contributed by atoms with Crippen LogP contribution in [-0.4, -0.2) is 11.6 Å². The van der Waals surface area contributed by atoms with Crippen molar-refractivity contribution in [3.05, 3.63) is 35.9 Å². The Morgan fingerprint density at radius 3 is 2.45 bits per heavy atom. The largest absolute Gasteiger partial charge is 0.460 e. The molecule has 1 radical (unpaired) electrons. The van der Waals surface area contributed by atoms with Crippen LogP contribution in [-0.2, 0) is 48.7 Å². The molecule has 3 heteroatoms. The monoisotopic (exact) mass is 350 g/mol. The molecule has 1 atom stereocenters. The smallest absolute Gasteiger partial charge is 0.306 e. The van der Waals surface area contributed by atoms with Crippen molar-refractivity contribution in [1.29, 1.82) is 0 Å². The molecule has 0 aromatic heterocycles. The molecule has 0 saturated carbocycles.